The highest BCUT2D eigenvalue weighted by molar-refractivity contribution is 6.05. The average molecular weight is 650 g/mol. The summed E-state index contributed by atoms with van der Waals surface area (Å²) in [6.45, 7) is 0. The van der Waals surface area contributed by atoms with Crippen LogP contribution >= 0.6 is 0 Å². The van der Waals surface area contributed by atoms with Crippen LogP contribution in [0.4, 0.5) is 17.1 Å². The zero-order valence-corrected chi connectivity index (χ0v) is 27.8. The number of benzene rings is 9. The maximum atomic E-state index is 6.90. The molecule has 1 spiro atoms. The molecule has 1 unspecified atom stereocenters. The number of hydrogen-bond acceptors (Lipinski definition) is 2. The van der Waals surface area contributed by atoms with Crippen LogP contribution in [-0.2, 0) is 5.41 Å². The fraction of sp³-hybridized carbons (Fsp3) is 0.0204. The lowest BCUT2D eigenvalue weighted by Gasteiger charge is -2.40. The maximum absolute atomic E-state index is 6.90. The van der Waals surface area contributed by atoms with E-state index in [2.05, 4.69) is 193 Å². The van der Waals surface area contributed by atoms with Crippen molar-refractivity contribution in [3.63, 3.8) is 0 Å². The number of anilines is 3. The first kappa shape index (κ1) is 28.2. The molecule has 1 heterocycles. The number of fused-ring (bicyclic) bond motifs is 13. The van der Waals surface area contributed by atoms with Gasteiger partial charge in [-0.3, -0.25) is 0 Å². The van der Waals surface area contributed by atoms with Gasteiger partial charge in [0, 0.05) is 33.2 Å². The van der Waals surface area contributed by atoms with Crippen LogP contribution in [0.5, 0.6) is 11.5 Å². The molecular weight excluding hydrogens is 619 g/mol. The van der Waals surface area contributed by atoms with Gasteiger partial charge in [-0.05, 0) is 68.6 Å². The summed E-state index contributed by atoms with van der Waals surface area (Å²) in [5.74, 6) is 1.83. The molecule has 1 aliphatic carbocycles. The number of ether oxygens (including phenoxy) is 1. The molecule has 1 aliphatic heterocycles. The Hall–Kier alpha value is -6.64. The monoisotopic (exact) mass is 649 g/mol. The minimum Gasteiger partial charge on any atom is -0.456 e. The molecule has 51 heavy (non-hydrogen) atoms. The molecule has 0 fully saturated rings. The van der Waals surface area contributed by atoms with E-state index in [4.69, 9.17) is 4.74 Å². The second-order valence-corrected chi connectivity index (χ2v) is 13.6. The van der Waals surface area contributed by atoms with E-state index in [1.807, 2.05) is 0 Å². The van der Waals surface area contributed by atoms with E-state index in [1.165, 1.54) is 60.3 Å². The molecule has 0 amide bonds. The molecule has 2 nitrogen and oxygen atoms in total. The third-order valence-electron chi connectivity index (χ3n) is 11.1. The van der Waals surface area contributed by atoms with Crippen molar-refractivity contribution in [2.45, 2.75) is 5.41 Å². The molecule has 0 saturated heterocycles. The summed E-state index contributed by atoms with van der Waals surface area (Å²) in [6.07, 6.45) is 0. The molecule has 9 aromatic carbocycles. The van der Waals surface area contributed by atoms with Crippen molar-refractivity contribution in [1.29, 1.82) is 0 Å². The quantitative estimate of drug-likeness (QED) is 0.189. The molecule has 0 saturated carbocycles. The van der Waals surface area contributed by atoms with Crippen molar-refractivity contribution in [3.8, 4) is 22.6 Å². The number of hydrogen-bond donors (Lipinski definition) is 0. The molecule has 1 atom stereocenters. The number of nitrogens with zero attached hydrogens (tertiary/aromatic N) is 1. The van der Waals surface area contributed by atoms with Crippen molar-refractivity contribution in [3.05, 3.63) is 210 Å². The van der Waals surface area contributed by atoms with Crippen LogP contribution in [-0.4, -0.2) is 0 Å². The fourth-order valence-electron chi connectivity index (χ4n) is 8.97. The Bertz CT molecular complexity index is 2860. The summed E-state index contributed by atoms with van der Waals surface area (Å²) >= 11 is 0. The zero-order valence-electron chi connectivity index (χ0n) is 27.8. The third kappa shape index (κ3) is 3.87. The van der Waals surface area contributed by atoms with Crippen molar-refractivity contribution >= 4 is 49.4 Å². The summed E-state index contributed by atoms with van der Waals surface area (Å²) in [5, 5.41) is 7.15. The molecule has 0 radical (unpaired) electrons. The normalized spacial score (nSPS) is 15.3. The summed E-state index contributed by atoms with van der Waals surface area (Å²) in [5.41, 5.74) is 10.2. The molecule has 0 bridgehead atoms. The van der Waals surface area contributed by atoms with Gasteiger partial charge in [0.15, 0.2) is 0 Å². The highest BCUT2D eigenvalue weighted by Crippen LogP contribution is 2.65. The molecule has 9 aromatic rings. The first-order valence-corrected chi connectivity index (χ1v) is 17.6. The van der Waals surface area contributed by atoms with Gasteiger partial charge < -0.3 is 9.64 Å². The summed E-state index contributed by atoms with van der Waals surface area (Å²) < 4.78 is 6.90. The second kappa shape index (κ2) is 10.7. The second-order valence-electron chi connectivity index (χ2n) is 13.6. The maximum Gasteiger partial charge on any atom is 0.140 e. The topological polar surface area (TPSA) is 12.5 Å². The van der Waals surface area contributed by atoms with Gasteiger partial charge in [0.05, 0.1) is 16.8 Å². The van der Waals surface area contributed by atoms with Crippen molar-refractivity contribution < 1.29 is 4.74 Å². The van der Waals surface area contributed by atoms with E-state index >= 15 is 0 Å². The highest BCUT2D eigenvalue weighted by Gasteiger charge is 2.52. The molecule has 2 aliphatic rings. The standard InChI is InChI=1S/C49H31NO/c1-2-16-35-31-36(29-27-32(35)13-1)50(44-24-11-17-33-14-3-5-18-37(33)44)45-25-12-23-42-47(45)39-20-7-8-21-40(39)49(42)41-22-9-10-26-46(41)51-48-38-19-6-4-15-34(38)28-30-43(48)49/h1-31H. The van der Waals surface area contributed by atoms with Crippen LogP contribution in [0, 0.1) is 0 Å². The van der Waals surface area contributed by atoms with Gasteiger partial charge in [0.1, 0.15) is 11.5 Å². The summed E-state index contributed by atoms with van der Waals surface area (Å²) in [7, 11) is 0. The smallest absolute Gasteiger partial charge is 0.140 e. The number of rotatable bonds is 3. The van der Waals surface area contributed by atoms with Gasteiger partial charge >= 0.3 is 0 Å². The van der Waals surface area contributed by atoms with Gasteiger partial charge in [-0.1, -0.05) is 158 Å². The van der Waals surface area contributed by atoms with Gasteiger partial charge in [0.2, 0.25) is 0 Å². The molecule has 11 rings (SSSR count). The van der Waals surface area contributed by atoms with Gasteiger partial charge in [-0.2, -0.15) is 0 Å². The SMILES string of the molecule is c1ccc2c(c1)Oc1c(ccc3ccccc13)C21c2ccccc2-c2c(N(c3ccc4ccccc4c3)c3cccc4ccccc34)cccc21. The first-order chi connectivity index (χ1) is 25.3. The predicted molar refractivity (Wildman–Crippen MR) is 211 cm³/mol. The minimum atomic E-state index is -0.579. The Labute approximate surface area is 296 Å². The lowest BCUT2D eigenvalue weighted by atomic mass is 9.65. The molecular formula is C49H31NO. The van der Waals surface area contributed by atoms with Crippen LogP contribution in [0.3, 0.4) is 0 Å². The lowest BCUT2D eigenvalue weighted by molar-refractivity contribution is 0.441. The van der Waals surface area contributed by atoms with Gasteiger partial charge in [-0.15, -0.1) is 0 Å². The Morgan fingerprint density at radius 1 is 0.392 bits per heavy atom. The van der Waals surface area contributed by atoms with Crippen LogP contribution in [0.2, 0.25) is 0 Å². The first-order valence-electron chi connectivity index (χ1n) is 17.6. The summed E-state index contributed by atoms with van der Waals surface area (Å²) in [4.78, 5) is 2.48. The van der Waals surface area contributed by atoms with Gasteiger partial charge in [0.25, 0.3) is 0 Å². The zero-order chi connectivity index (χ0) is 33.5. The Kier molecular flexibility index (Phi) is 5.91. The Balaban J connectivity index is 1.28. The average Bonchev–Trinajstić information content (AvgIpc) is 3.49. The molecule has 2 heteroatoms. The minimum absolute atomic E-state index is 0.579. The molecule has 0 aromatic heterocycles. The van der Waals surface area contributed by atoms with Gasteiger partial charge in [-0.25, -0.2) is 0 Å². The Morgan fingerprint density at radius 3 is 1.88 bits per heavy atom. The van der Waals surface area contributed by atoms with Crippen LogP contribution in [0.15, 0.2) is 188 Å². The van der Waals surface area contributed by atoms with Crippen molar-refractivity contribution in [2.24, 2.45) is 0 Å². The fourth-order valence-corrected chi connectivity index (χ4v) is 8.97. The van der Waals surface area contributed by atoms with Crippen LogP contribution in [0.25, 0.3) is 43.4 Å². The van der Waals surface area contributed by atoms with Crippen LogP contribution in [0.1, 0.15) is 22.3 Å². The largest absolute Gasteiger partial charge is 0.456 e. The van der Waals surface area contributed by atoms with Crippen LogP contribution < -0.4 is 9.64 Å². The van der Waals surface area contributed by atoms with Crippen molar-refractivity contribution in [2.75, 3.05) is 4.90 Å². The third-order valence-corrected chi connectivity index (χ3v) is 11.1. The van der Waals surface area contributed by atoms with E-state index in [0.29, 0.717) is 0 Å². The molecule has 238 valence electrons. The summed E-state index contributed by atoms with van der Waals surface area (Å²) in [6, 6.07) is 68.5. The predicted octanol–water partition coefficient (Wildman–Crippen LogP) is 13.1. The van der Waals surface area contributed by atoms with E-state index in [0.717, 1.165) is 33.9 Å². The Morgan fingerprint density at radius 2 is 1.00 bits per heavy atom. The highest BCUT2D eigenvalue weighted by atomic mass is 16.5. The van der Waals surface area contributed by atoms with Crippen molar-refractivity contribution in [1.82, 2.24) is 0 Å². The van der Waals surface area contributed by atoms with E-state index < -0.39 is 5.41 Å². The number of para-hydroxylation sites is 1. The lowest BCUT2D eigenvalue weighted by Crippen LogP contribution is -2.32. The van der Waals surface area contributed by atoms with E-state index in [1.54, 1.807) is 0 Å². The molecule has 0 N–H and O–H groups in total. The van der Waals surface area contributed by atoms with E-state index in [9.17, 15) is 0 Å². The van der Waals surface area contributed by atoms with E-state index in [-0.39, 0.29) is 0 Å².